The van der Waals surface area contributed by atoms with E-state index in [9.17, 15) is 0 Å². The SMILES string of the molecule is C#CCC(C)Nc1ncnc2c(C)csc12. The summed E-state index contributed by atoms with van der Waals surface area (Å²) < 4.78 is 1.10. The minimum Gasteiger partial charge on any atom is -0.365 e. The van der Waals surface area contributed by atoms with Gasteiger partial charge in [0.2, 0.25) is 0 Å². The van der Waals surface area contributed by atoms with Crippen LogP contribution in [-0.4, -0.2) is 16.0 Å². The van der Waals surface area contributed by atoms with Crippen LogP contribution in [-0.2, 0) is 0 Å². The number of hydrogen-bond acceptors (Lipinski definition) is 4. The molecule has 3 nitrogen and oxygen atoms in total. The zero-order valence-corrected chi connectivity index (χ0v) is 10.1. The van der Waals surface area contributed by atoms with Gasteiger partial charge in [-0.3, -0.25) is 0 Å². The van der Waals surface area contributed by atoms with Crippen molar-refractivity contribution in [3.63, 3.8) is 0 Å². The third-order valence-corrected chi connectivity index (χ3v) is 3.43. The smallest absolute Gasteiger partial charge is 0.147 e. The molecule has 1 atom stereocenters. The van der Waals surface area contributed by atoms with Gasteiger partial charge in [0.1, 0.15) is 12.1 Å². The molecule has 2 heterocycles. The Labute approximate surface area is 98.9 Å². The highest BCUT2D eigenvalue weighted by Gasteiger charge is 2.09. The Morgan fingerprint density at radius 1 is 1.56 bits per heavy atom. The molecule has 16 heavy (non-hydrogen) atoms. The van der Waals surface area contributed by atoms with E-state index in [2.05, 4.69) is 33.5 Å². The standard InChI is InChI=1S/C12H13N3S/c1-4-5-9(3)15-12-11-10(13-7-14-12)8(2)6-16-11/h1,6-7,9H,5H2,2-3H3,(H,13,14,15). The van der Waals surface area contributed by atoms with Crippen LogP contribution >= 0.6 is 11.3 Å². The fourth-order valence-corrected chi connectivity index (χ4v) is 2.49. The van der Waals surface area contributed by atoms with Gasteiger partial charge in [-0.2, -0.15) is 0 Å². The van der Waals surface area contributed by atoms with Crippen LogP contribution in [0, 0.1) is 19.3 Å². The molecule has 1 unspecified atom stereocenters. The highest BCUT2D eigenvalue weighted by atomic mass is 32.1. The van der Waals surface area contributed by atoms with Crippen LogP contribution in [0.5, 0.6) is 0 Å². The number of terminal acetylenes is 1. The summed E-state index contributed by atoms with van der Waals surface area (Å²) in [5.41, 5.74) is 2.21. The summed E-state index contributed by atoms with van der Waals surface area (Å²) in [4.78, 5) is 8.54. The van der Waals surface area contributed by atoms with E-state index >= 15 is 0 Å². The largest absolute Gasteiger partial charge is 0.365 e. The second-order valence-electron chi connectivity index (χ2n) is 3.77. The molecule has 0 saturated carbocycles. The number of thiophene rings is 1. The molecule has 0 aliphatic carbocycles. The molecule has 0 bridgehead atoms. The summed E-state index contributed by atoms with van der Waals surface area (Å²) in [5, 5.41) is 5.41. The van der Waals surface area contributed by atoms with E-state index < -0.39 is 0 Å². The van der Waals surface area contributed by atoms with Crippen molar-refractivity contribution >= 4 is 27.4 Å². The number of anilines is 1. The lowest BCUT2D eigenvalue weighted by molar-refractivity contribution is 0.823. The normalized spacial score (nSPS) is 12.3. The minimum atomic E-state index is 0.227. The van der Waals surface area contributed by atoms with E-state index in [1.165, 1.54) is 5.56 Å². The lowest BCUT2D eigenvalue weighted by Gasteiger charge is -2.11. The molecular weight excluding hydrogens is 218 g/mol. The summed E-state index contributed by atoms with van der Waals surface area (Å²) in [5.74, 6) is 3.52. The van der Waals surface area contributed by atoms with Crippen molar-refractivity contribution in [1.82, 2.24) is 9.97 Å². The third-order valence-electron chi connectivity index (χ3n) is 2.34. The fourth-order valence-electron chi connectivity index (χ4n) is 1.53. The Bertz CT molecular complexity index is 539. The molecular formula is C12H13N3S. The summed E-state index contributed by atoms with van der Waals surface area (Å²) in [6.07, 6.45) is 7.56. The number of aromatic nitrogens is 2. The summed E-state index contributed by atoms with van der Waals surface area (Å²) >= 11 is 1.66. The third kappa shape index (κ3) is 2.00. The highest BCUT2D eigenvalue weighted by Crippen LogP contribution is 2.28. The molecule has 4 heteroatoms. The molecule has 2 rings (SSSR count). The first-order valence-corrected chi connectivity index (χ1v) is 5.99. The Hall–Kier alpha value is -1.60. The molecule has 2 aromatic rings. The van der Waals surface area contributed by atoms with Crippen molar-refractivity contribution in [3.8, 4) is 12.3 Å². The second-order valence-corrected chi connectivity index (χ2v) is 4.65. The van der Waals surface area contributed by atoms with Crippen molar-refractivity contribution in [2.45, 2.75) is 26.3 Å². The predicted molar refractivity (Wildman–Crippen MR) is 68.7 cm³/mol. The first-order chi connectivity index (χ1) is 7.72. The predicted octanol–water partition coefficient (Wildman–Crippen LogP) is 2.82. The van der Waals surface area contributed by atoms with Crippen LogP contribution in [0.3, 0.4) is 0 Å². The summed E-state index contributed by atoms with van der Waals surface area (Å²) in [7, 11) is 0. The Balaban J connectivity index is 2.34. The van der Waals surface area contributed by atoms with Crippen LogP contribution in [0.1, 0.15) is 18.9 Å². The van der Waals surface area contributed by atoms with Gasteiger partial charge in [-0.15, -0.1) is 23.7 Å². The molecule has 0 aromatic carbocycles. The zero-order chi connectivity index (χ0) is 11.5. The average Bonchev–Trinajstić information content (AvgIpc) is 2.62. The van der Waals surface area contributed by atoms with Crippen molar-refractivity contribution in [3.05, 3.63) is 17.3 Å². The van der Waals surface area contributed by atoms with Crippen molar-refractivity contribution in [2.24, 2.45) is 0 Å². The van der Waals surface area contributed by atoms with Crippen molar-refractivity contribution < 1.29 is 0 Å². The molecule has 0 radical (unpaired) electrons. The molecule has 0 aliphatic heterocycles. The molecule has 2 aromatic heterocycles. The summed E-state index contributed by atoms with van der Waals surface area (Å²) in [6.45, 7) is 4.11. The lowest BCUT2D eigenvalue weighted by atomic mass is 10.2. The van der Waals surface area contributed by atoms with E-state index in [1.807, 2.05) is 6.92 Å². The van der Waals surface area contributed by atoms with E-state index in [0.29, 0.717) is 6.42 Å². The van der Waals surface area contributed by atoms with Gasteiger partial charge in [-0.25, -0.2) is 9.97 Å². The van der Waals surface area contributed by atoms with Gasteiger partial charge in [0.15, 0.2) is 0 Å². The van der Waals surface area contributed by atoms with Crippen molar-refractivity contribution in [2.75, 3.05) is 5.32 Å². The molecule has 0 saturated heterocycles. The van der Waals surface area contributed by atoms with Crippen LogP contribution in [0.15, 0.2) is 11.7 Å². The number of aryl methyl sites for hydroxylation is 1. The Morgan fingerprint density at radius 3 is 3.12 bits per heavy atom. The number of nitrogens with one attached hydrogen (secondary N) is 1. The van der Waals surface area contributed by atoms with Crippen LogP contribution < -0.4 is 5.32 Å². The van der Waals surface area contributed by atoms with Gasteiger partial charge in [-0.05, 0) is 24.8 Å². The van der Waals surface area contributed by atoms with E-state index in [4.69, 9.17) is 6.42 Å². The minimum absolute atomic E-state index is 0.227. The average molecular weight is 231 g/mol. The van der Waals surface area contributed by atoms with Crippen molar-refractivity contribution in [1.29, 1.82) is 0 Å². The molecule has 0 fully saturated rings. The second kappa shape index (κ2) is 4.50. The van der Waals surface area contributed by atoms with Crippen LogP contribution in [0.4, 0.5) is 5.82 Å². The molecule has 0 aliphatic rings. The lowest BCUT2D eigenvalue weighted by Crippen LogP contribution is -2.15. The first-order valence-electron chi connectivity index (χ1n) is 5.11. The molecule has 82 valence electrons. The van der Waals surface area contributed by atoms with Gasteiger partial charge in [0.05, 0.1) is 10.2 Å². The van der Waals surface area contributed by atoms with Gasteiger partial charge in [0.25, 0.3) is 0 Å². The van der Waals surface area contributed by atoms with Gasteiger partial charge < -0.3 is 5.32 Å². The van der Waals surface area contributed by atoms with Crippen LogP contribution in [0.2, 0.25) is 0 Å². The van der Waals surface area contributed by atoms with Gasteiger partial charge in [0, 0.05) is 12.5 Å². The molecule has 0 spiro atoms. The monoisotopic (exact) mass is 231 g/mol. The first kappa shape index (κ1) is 10.9. The Morgan fingerprint density at radius 2 is 2.38 bits per heavy atom. The topological polar surface area (TPSA) is 37.8 Å². The zero-order valence-electron chi connectivity index (χ0n) is 9.32. The maximum atomic E-state index is 5.28. The maximum absolute atomic E-state index is 5.28. The maximum Gasteiger partial charge on any atom is 0.147 e. The number of fused-ring (bicyclic) bond motifs is 1. The Kier molecular flexibility index (Phi) is 3.07. The fraction of sp³-hybridized carbons (Fsp3) is 0.333. The van der Waals surface area contributed by atoms with E-state index in [0.717, 1.165) is 16.0 Å². The highest BCUT2D eigenvalue weighted by molar-refractivity contribution is 7.18. The molecule has 0 amide bonds. The number of hydrogen-bond donors (Lipinski definition) is 1. The van der Waals surface area contributed by atoms with E-state index in [1.54, 1.807) is 17.7 Å². The number of nitrogens with zero attached hydrogens (tertiary/aromatic N) is 2. The van der Waals surface area contributed by atoms with Gasteiger partial charge >= 0.3 is 0 Å². The number of rotatable bonds is 3. The van der Waals surface area contributed by atoms with Crippen LogP contribution in [0.25, 0.3) is 10.2 Å². The summed E-state index contributed by atoms with van der Waals surface area (Å²) in [6, 6.07) is 0.227. The molecule has 1 N–H and O–H groups in total. The van der Waals surface area contributed by atoms with Gasteiger partial charge in [-0.1, -0.05) is 0 Å². The quantitative estimate of drug-likeness (QED) is 0.825. The van der Waals surface area contributed by atoms with E-state index in [-0.39, 0.29) is 6.04 Å².